The number of anilines is 1. The van der Waals surface area contributed by atoms with E-state index in [9.17, 15) is 9.59 Å². The number of rotatable bonds is 8. The Morgan fingerprint density at radius 2 is 1.97 bits per heavy atom. The van der Waals surface area contributed by atoms with Crippen LogP contribution in [0.1, 0.15) is 30.5 Å². The fourth-order valence-corrected chi connectivity index (χ4v) is 3.91. The molecule has 2 amide bonds. The van der Waals surface area contributed by atoms with Crippen molar-refractivity contribution in [2.45, 2.75) is 32.4 Å². The lowest BCUT2D eigenvalue weighted by Crippen LogP contribution is -2.38. The molecule has 3 aromatic rings. The van der Waals surface area contributed by atoms with Crippen LogP contribution in [0.3, 0.4) is 0 Å². The average Bonchev–Trinajstić information content (AvgIpc) is 3.47. The predicted octanol–water partition coefficient (Wildman–Crippen LogP) is 3.12. The Kier molecular flexibility index (Phi) is 6.31. The van der Waals surface area contributed by atoms with Crippen LogP contribution in [0.4, 0.5) is 5.69 Å². The molecule has 0 unspecified atom stereocenters. The molecule has 0 spiro atoms. The lowest BCUT2D eigenvalue weighted by molar-refractivity contribution is -0.128. The summed E-state index contributed by atoms with van der Waals surface area (Å²) in [5.74, 6) is 0.444. The van der Waals surface area contributed by atoms with E-state index in [1.165, 1.54) is 0 Å². The first-order chi connectivity index (χ1) is 15.2. The number of ether oxygens (including phenoxy) is 1. The summed E-state index contributed by atoms with van der Waals surface area (Å²) in [6.07, 6.45) is 5.78. The minimum Gasteiger partial charge on any atom is -0.494 e. The van der Waals surface area contributed by atoms with Crippen molar-refractivity contribution in [3.63, 3.8) is 0 Å². The summed E-state index contributed by atoms with van der Waals surface area (Å²) in [4.78, 5) is 32.1. The molecule has 7 nitrogen and oxygen atoms in total. The number of nitrogens with zero attached hydrogens (tertiary/aromatic N) is 3. The van der Waals surface area contributed by atoms with Gasteiger partial charge >= 0.3 is 0 Å². The first-order valence-corrected chi connectivity index (χ1v) is 10.5. The van der Waals surface area contributed by atoms with Crippen molar-refractivity contribution in [3.8, 4) is 5.75 Å². The van der Waals surface area contributed by atoms with Gasteiger partial charge in [-0.3, -0.25) is 9.59 Å². The van der Waals surface area contributed by atoms with E-state index in [0.29, 0.717) is 19.7 Å². The summed E-state index contributed by atoms with van der Waals surface area (Å²) in [5, 5.41) is 2.93. The van der Waals surface area contributed by atoms with Crippen LogP contribution in [0.15, 0.2) is 67.3 Å². The third-order valence-electron chi connectivity index (χ3n) is 5.45. The van der Waals surface area contributed by atoms with Crippen LogP contribution < -0.4 is 15.0 Å². The molecule has 0 radical (unpaired) electrons. The van der Waals surface area contributed by atoms with Crippen LogP contribution >= 0.6 is 0 Å². The topological polar surface area (TPSA) is 76.5 Å². The fourth-order valence-electron chi connectivity index (χ4n) is 3.91. The Morgan fingerprint density at radius 3 is 2.77 bits per heavy atom. The molecule has 1 aliphatic rings. The smallest absolute Gasteiger partial charge is 0.250 e. The average molecular weight is 418 g/mol. The van der Waals surface area contributed by atoms with E-state index in [0.717, 1.165) is 29.0 Å². The molecule has 0 saturated carbocycles. The zero-order valence-electron chi connectivity index (χ0n) is 17.5. The molecule has 31 heavy (non-hydrogen) atoms. The van der Waals surface area contributed by atoms with Crippen molar-refractivity contribution in [1.82, 2.24) is 14.9 Å². The van der Waals surface area contributed by atoms with Gasteiger partial charge in [0.25, 0.3) is 5.91 Å². The van der Waals surface area contributed by atoms with E-state index in [4.69, 9.17) is 4.74 Å². The Balaban J connectivity index is 1.47. The molecule has 2 aromatic carbocycles. The van der Waals surface area contributed by atoms with Gasteiger partial charge in [0, 0.05) is 36.7 Å². The molecule has 1 atom stereocenters. The Hall–Kier alpha value is -3.61. The number of benzene rings is 2. The number of amides is 2. The Labute approximate surface area is 181 Å². The molecule has 0 fully saturated rings. The van der Waals surface area contributed by atoms with Crippen LogP contribution in [-0.4, -0.2) is 34.5 Å². The largest absolute Gasteiger partial charge is 0.494 e. The quantitative estimate of drug-likeness (QED) is 0.610. The second-order valence-corrected chi connectivity index (χ2v) is 7.42. The lowest BCUT2D eigenvalue weighted by Gasteiger charge is -2.24. The van der Waals surface area contributed by atoms with E-state index < -0.39 is 6.04 Å². The van der Waals surface area contributed by atoms with E-state index in [2.05, 4.69) is 10.3 Å². The molecular formula is C24H26N4O3. The monoisotopic (exact) mass is 418 g/mol. The maximum absolute atomic E-state index is 13.4. The van der Waals surface area contributed by atoms with Crippen molar-refractivity contribution in [2.75, 3.05) is 18.1 Å². The molecule has 2 heterocycles. The van der Waals surface area contributed by atoms with Crippen molar-refractivity contribution >= 4 is 17.5 Å². The molecule has 0 bridgehead atoms. The second kappa shape index (κ2) is 9.47. The first-order valence-electron chi connectivity index (χ1n) is 10.5. The highest BCUT2D eigenvalue weighted by atomic mass is 16.5. The number of hydrogen-bond donors (Lipinski definition) is 1. The van der Waals surface area contributed by atoms with Crippen molar-refractivity contribution < 1.29 is 14.3 Å². The van der Waals surface area contributed by atoms with E-state index >= 15 is 0 Å². The number of fused-ring (bicyclic) bond motifs is 1. The SMILES string of the molecule is CCOc1ccccc1CNC(=O)C[C@@H](C(=O)N1CCc2ccccc21)n1ccnc1. The number of para-hydroxylation sites is 2. The molecule has 1 aliphatic heterocycles. The van der Waals surface area contributed by atoms with E-state index in [1.54, 1.807) is 28.2 Å². The van der Waals surface area contributed by atoms with Gasteiger partial charge < -0.3 is 19.5 Å². The highest BCUT2D eigenvalue weighted by Crippen LogP contribution is 2.30. The van der Waals surface area contributed by atoms with Gasteiger partial charge in [-0.15, -0.1) is 0 Å². The third-order valence-corrected chi connectivity index (χ3v) is 5.45. The second-order valence-electron chi connectivity index (χ2n) is 7.42. The zero-order chi connectivity index (χ0) is 21.6. The number of carbonyl (C=O) groups is 2. The normalized spacial score (nSPS) is 13.5. The summed E-state index contributed by atoms with van der Waals surface area (Å²) in [6.45, 7) is 3.44. The van der Waals surface area contributed by atoms with Crippen molar-refractivity contribution in [3.05, 3.63) is 78.4 Å². The number of hydrogen-bond acceptors (Lipinski definition) is 4. The van der Waals surface area contributed by atoms with Crippen molar-refractivity contribution in [1.29, 1.82) is 0 Å². The van der Waals surface area contributed by atoms with Gasteiger partial charge in [-0.25, -0.2) is 4.98 Å². The van der Waals surface area contributed by atoms with Gasteiger partial charge in [-0.1, -0.05) is 36.4 Å². The fraction of sp³-hybridized carbons (Fsp3) is 0.292. The van der Waals surface area contributed by atoms with E-state index in [-0.39, 0.29) is 18.2 Å². The van der Waals surface area contributed by atoms with Gasteiger partial charge in [0.1, 0.15) is 11.8 Å². The van der Waals surface area contributed by atoms with Crippen LogP contribution in [0, 0.1) is 0 Å². The minimum atomic E-state index is -0.657. The first kappa shape index (κ1) is 20.7. The molecule has 1 aromatic heterocycles. The van der Waals surface area contributed by atoms with Gasteiger partial charge in [0.2, 0.25) is 5.91 Å². The molecule has 160 valence electrons. The number of carbonyl (C=O) groups excluding carboxylic acids is 2. The summed E-state index contributed by atoms with van der Waals surface area (Å²) in [7, 11) is 0. The van der Waals surface area contributed by atoms with Crippen molar-refractivity contribution in [2.24, 2.45) is 0 Å². The highest BCUT2D eigenvalue weighted by molar-refractivity contribution is 6.00. The maximum atomic E-state index is 13.4. The zero-order valence-corrected chi connectivity index (χ0v) is 17.5. The molecule has 0 aliphatic carbocycles. The molecular weight excluding hydrogens is 392 g/mol. The van der Waals surface area contributed by atoms with Crippen LogP contribution in [0.2, 0.25) is 0 Å². The number of imidazole rings is 1. The lowest BCUT2D eigenvalue weighted by atomic mass is 10.1. The molecule has 0 saturated heterocycles. The maximum Gasteiger partial charge on any atom is 0.250 e. The standard InChI is InChI=1S/C24H26N4O3/c1-2-31-22-10-6-4-8-19(22)16-26-23(29)15-21(27-14-12-25-17-27)24(30)28-13-11-18-7-3-5-9-20(18)28/h3-10,12,14,17,21H,2,11,13,15-16H2,1H3,(H,26,29)/t21-/m0/s1. The summed E-state index contributed by atoms with van der Waals surface area (Å²) in [5.41, 5.74) is 2.97. The summed E-state index contributed by atoms with van der Waals surface area (Å²) < 4.78 is 7.33. The van der Waals surface area contributed by atoms with Crippen LogP contribution in [-0.2, 0) is 22.6 Å². The summed E-state index contributed by atoms with van der Waals surface area (Å²) in [6, 6.07) is 14.9. The van der Waals surface area contributed by atoms with Crippen LogP contribution in [0.25, 0.3) is 0 Å². The van der Waals surface area contributed by atoms with E-state index in [1.807, 2.05) is 55.5 Å². The molecule has 7 heteroatoms. The predicted molar refractivity (Wildman–Crippen MR) is 118 cm³/mol. The van der Waals surface area contributed by atoms with Gasteiger partial charge in [-0.05, 0) is 31.0 Å². The highest BCUT2D eigenvalue weighted by Gasteiger charge is 2.32. The van der Waals surface area contributed by atoms with Gasteiger partial charge in [0.05, 0.1) is 19.4 Å². The Bertz CT molecular complexity index is 1050. The number of aromatic nitrogens is 2. The minimum absolute atomic E-state index is 0.0324. The van der Waals surface area contributed by atoms with Gasteiger partial charge in [-0.2, -0.15) is 0 Å². The van der Waals surface area contributed by atoms with Gasteiger partial charge in [0.15, 0.2) is 0 Å². The number of nitrogens with one attached hydrogen (secondary N) is 1. The third kappa shape index (κ3) is 4.60. The molecule has 1 N–H and O–H groups in total. The molecule has 4 rings (SSSR count). The Morgan fingerprint density at radius 1 is 1.16 bits per heavy atom. The summed E-state index contributed by atoms with van der Waals surface area (Å²) >= 11 is 0. The van der Waals surface area contributed by atoms with Crippen LogP contribution in [0.5, 0.6) is 5.75 Å².